The molecule has 2 N–H and O–H groups in total. The van der Waals surface area contributed by atoms with E-state index in [1.807, 2.05) is 6.92 Å². The summed E-state index contributed by atoms with van der Waals surface area (Å²) in [6, 6.07) is 4.85. The fourth-order valence-corrected chi connectivity index (χ4v) is 2.69. The van der Waals surface area contributed by atoms with Crippen molar-refractivity contribution in [2.75, 3.05) is 19.3 Å². The lowest BCUT2D eigenvalue weighted by molar-refractivity contribution is 0.499. The van der Waals surface area contributed by atoms with Gasteiger partial charge in [0.25, 0.3) is 0 Å². The van der Waals surface area contributed by atoms with Crippen LogP contribution in [0.2, 0.25) is 0 Å². The summed E-state index contributed by atoms with van der Waals surface area (Å²) < 4.78 is 25.4. The van der Waals surface area contributed by atoms with Gasteiger partial charge in [0.05, 0.1) is 4.90 Å². The summed E-state index contributed by atoms with van der Waals surface area (Å²) in [5.41, 5.74) is 7.27. The Morgan fingerprint density at radius 1 is 1.47 bits per heavy atom. The zero-order chi connectivity index (χ0) is 13.1. The van der Waals surface area contributed by atoms with Crippen LogP contribution >= 0.6 is 0 Å². The summed E-state index contributed by atoms with van der Waals surface area (Å²) >= 11 is 0. The Morgan fingerprint density at radius 3 is 2.59 bits per heavy atom. The van der Waals surface area contributed by atoms with Gasteiger partial charge < -0.3 is 5.73 Å². The van der Waals surface area contributed by atoms with E-state index in [1.54, 1.807) is 18.2 Å². The smallest absolute Gasteiger partial charge is 0.243 e. The number of nitrogens with two attached hydrogens (primary N) is 1. The second-order valence-electron chi connectivity index (χ2n) is 3.79. The third-order valence-electron chi connectivity index (χ3n) is 2.59. The lowest BCUT2D eigenvalue weighted by Gasteiger charge is -2.16. The molecule has 0 aliphatic heterocycles. The third kappa shape index (κ3) is 2.87. The number of likely N-dealkylation sites (N-methyl/N-ethyl adjacent to an activating group) is 1. The molecule has 0 bridgehead atoms. The van der Waals surface area contributed by atoms with Gasteiger partial charge in [0.1, 0.15) is 0 Å². The van der Waals surface area contributed by atoms with E-state index in [0.717, 1.165) is 12.0 Å². The molecular formula is C12H18N2O2S. The van der Waals surface area contributed by atoms with Crippen LogP contribution in [0.15, 0.2) is 35.7 Å². The van der Waals surface area contributed by atoms with Crippen molar-refractivity contribution in [2.24, 2.45) is 0 Å². The minimum atomic E-state index is -3.47. The van der Waals surface area contributed by atoms with Gasteiger partial charge in [-0.1, -0.05) is 19.1 Å². The van der Waals surface area contributed by atoms with Crippen LogP contribution in [0.3, 0.4) is 0 Å². The zero-order valence-electron chi connectivity index (χ0n) is 10.2. The molecule has 0 saturated heterocycles. The number of rotatable bonds is 5. The van der Waals surface area contributed by atoms with Gasteiger partial charge in [-0.05, 0) is 24.1 Å². The van der Waals surface area contributed by atoms with E-state index < -0.39 is 10.0 Å². The van der Waals surface area contributed by atoms with Crippen LogP contribution in [-0.2, 0) is 16.4 Å². The van der Waals surface area contributed by atoms with E-state index in [-0.39, 0.29) is 11.4 Å². The van der Waals surface area contributed by atoms with Crippen molar-refractivity contribution in [1.82, 2.24) is 4.31 Å². The number of nitrogen functional groups attached to an aromatic ring is 1. The number of nitrogens with zero attached hydrogens (tertiary/aromatic N) is 1. The topological polar surface area (TPSA) is 63.4 Å². The molecule has 0 atom stereocenters. The van der Waals surface area contributed by atoms with Gasteiger partial charge in [-0.3, -0.25) is 0 Å². The molecule has 1 rings (SSSR count). The molecule has 0 fully saturated rings. The van der Waals surface area contributed by atoms with Crippen LogP contribution in [0.25, 0.3) is 0 Å². The monoisotopic (exact) mass is 254 g/mol. The van der Waals surface area contributed by atoms with Crippen molar-refractivity contribution < 1.29 is 8.42 Å². The summed E-state index contributed by atoms with van der Waals surface area (Å²) in [7, 11) is -1.95. The van der Waals surface area contributed by atoms with Crippen LogP contribution in [0.1, 0.15) is 12.5 Å². The maximum Gasteiger partial charge on any atom is 0.243 e. The van der Waals surface area contributed by atoms with Gasteiger partial charge in [0.2, 0.25) is 10.0 Å². The Kier molecular flexibility index (Phi) is 4.31. The summed E-state index contributed by atoms with van der Waals surface area (Å²) in [5.74, 6) is 0. The highest BCUT2D eigenvalue weighted by Gasteiger charge is 2.20. The van der Waals surface area contributed by atoms with Crippen LogP contribution in [0.4, 0.5) is 5.69 Å². The van der Waals surface area contributed by atoms with Crippen LogP contribution in [0.5, 0.6) is 0 Å². The average Bonchev–Trinajstić information content (AvgIpc) is 2.29. The van der Waals surface area contributed by atoms with Crippen molar-refractivity contribution in [3.8, 4) is 0 Å². The molecule has 0 aromatic heterocycles. The van der Waals surface area contributed by atoms with E-state index in [2.05, 4.69) is 6.58 Å². The first-order valence-electron chi connectivity index (χ1n) is 5.39. The fourth-order valence-electron chi connectivity index (χ4n) is 1.52. The maximum atomic E-state index is 12.1. The normalized spacial score (nSPS) is 11.7. The second kappa shape index (κ2) is 5.33. The molecule has 17 heavy (non-hydrogen) atoms. The number of hydrogen-bond acceptors (Lipinski definition) is 3. The first-order valence-corrected chi connectivity index (χ1v) is 6.83. The minimum Gasteiger partial charge on any atom is -0.398 e. The lowest BCUT2D eigenvalue weighted by atomic mass is 10.1. The van der Waals surface area contributed by atoms with E-state index in [1.165, 1.54) is 17.4 Å². The molecule has 0 unspecified atom stereocenters. The molecule has 0 amide bonds. The second-order valence-corrected chi connectivity index (χ2v) is 5.83. The standard InChI is InChI=1S/C12H18N2O2S/c1-4-8-14(3)17(15,16)11-7-6-10(5-2)12(13)9-11/h4,6-7,9H,1,5,8,13H2,2-3H3. The fraction of sp³-hybridized carbons (Fsp3) is 0.333. The van der Waals surface area contributed by atoms with Gasteiger partial charge in [-0.15, -0.1) is 6.58 Å². The highest BCUT2D eigenvalue weighted by Crippen LogP contribution is 2.20. The van der Waals surface area contributed by atoms with Crippen molar-refractivity contribution in [2.45, 2.75) is 18.2 Å². The van der Waals surface area contributed by atoms with Gasteiger partial charge in [0, 0.05) is 19.3 Å². The Labute approximate surface area is 103 Å². The summed E-state index contributed by atoms with van der Waals surface area (Å²) in [6.07, 6.45) is 2.33. The van der Waals surface area contributed by atoms with Crippen LogP contribution in [-0.4, -0.2) is 26.3 Å². The van der Waals surface area contributed by atoms with Gasteiger partial charge in [-0.25, -0.2) is 8.42 Å². The molecular weight excluding hydrogens is 236 g/mol. The number of sulfonamides is 1. The molecule has 1 aromatic rings. The summed E-state index contributed by atoms with van der Waals surface area (Å²) in [5, 5.41) is 0. The summed E-state index contributed by atoms with van der Waals surface area (Å²) in [4.78, 5) is 0.219. The first kappa shape index (κ1) is 13.7. The quantitative estimate of drug-likeness (QED) is 0.641. The van der Waals surface area contributed by atoms with Crippen molar-refractivity contribution in [3.05, 3.63) is 36.4 Å². The molecule has 4 nitrogen and oxygen atoms in total. The predicted octanol–water partition coefficient (Wildman–Crippen LogP) is 1.64. The van der Waals surface area contributed by atoms with E-state index >= 15 is 0 Å². The minimum absolute atomic E-state index is 0.219. The SMILES string of the molecule is C=CCN(C)S(=O)(=O)c1ccc(CC)c(N)c1. The highest BCUT2D eigenvalue weighted by molar-refractivity contribution is 7.89. The van der Waals surface area contributed by atoms with Crippen LogP contribution < -0.4 is 5.73 Å². The Balaban J connectivity index is 3.16. The van der Waals surface area contributed by atoms with E-state index in [4.69, 9.17) is 5.73 Å². The first-order chi connectivity index (χ1) is 7.93. The van der Waals surface area contributed by atoms with Gasteiger partial charge in [0.15, 0.2) is 0 Å². The van der Waals surface area contributed by atoms with Crippen molar-refractivity contribution >= 4 is 15.7 Å². The van der Waals surface area contributed by atoms with E-state index in [9.17, 15) is 8.42 Å². The molecule has 0 heterocycles. The maximum absolute atomic E-state index is 12.1. The number of aryl methyl sites for hydroxylation is 1. The van der Waals surface area contributed by atoms with Gasteiger partial charge in [-0.2, -0.15) is 4.31 Å². The third-order valence-corrected chi connectivity index (χ3v) is 4.41. The molecule has 0 aliphatic carbocycles. The Hall–Kier alpha value is -1.33. The lowest BCUT2D eigenvalue weighted by Crippen LogP contribution is -2.27. The molecule has 5 heteroatoms. The Morgan fingerprint density at radius 2 is 2.12 bits per heavy atom. The number of benzene rings is 1. The molecule has 1 aromatic carbocycles. The van der Waals surface area contributed by atoms with E-state index in [0.29, 0.717) is 5.69 Å². The molecule has 0 spiro atoms. The average molecular weight is 254 g/mol. The Bertz CT molecular complexity index is 509. The zero-order valence-corrected chi connectivity index (χ0v) is 11.0. The number of hydrogen-bond donors (Lipinski definition) is 1. The largest absolute Gasteiger partial charge is 0.398 e. The van der Waals surface area contributed by atoms with Crippen molar-refractivity contribution in [1.29, 1.82) is 0 Å². The summed E-state index contributed by atoms with van der Waals surface area (Å²) in [6.45, 7) is 5.77. The van der Waals surface area contributed by atoms with Crippen LogP contribution in [0, 0.1) is 0 Å². The molecule has 0 aliphatic rings. The number of anilines is 1. The highest BCUT2D eigenvalue weighted by atomic mass is 32.2. The predicted molar refractivity (Wildman–Crippen MR) is 70.2 cm³/mol. The van der Waals surface area contributed by atoms with Gasteiger partial charge >= 0.3 is 0 Å². The molecule has 0 saturated carbocycles. The van der Waals surface area contributed by atoms with Crippen molar-refractivity contribution in [3.63, 3.8) is 0 Å². The molecule has 94 valence electrons. The molecule has 0 radical (unpaired) electrons.